The van der Waals surface area contributed by atoms with Crippen molar-refractivity contribution in [3.8, 4) is 0 Å². The van der Waals surface area contributed by atoms with Crippen molar-refractivity contribution >= 4 is 24.0 Å². The molecule has 0 aromatic carbocycles. The first-order chi connectivity index (χ1) is 2.41. The summed E-state index contributed by atoms with van der Waals surface area (Å²) >= 11 is -0.147. The van der Waals surface area contributed by atoms with E-state index in [1.165, 1.54) is 5.83 Å². The van der Waals surface area contributed by atoms with Gasteiger partial charge in [-0.15, -0.1) is 0 Å². The summed E-state index contributed by atoms with van der Waals surface area (Å²) in [7, 11) is 0. The summed E-state index contributed by atoms with van der Waals surface area (Å²) < 4.78 is 10.6. The van der Waals surface area contributed by atoms with Crippen LogP contribution in [0.25, 0.3) is 0 Å². The molecule has 0 aromatic rings. The fourth-order valence-electron chi connectivity index (χ4n) is 0.0182. The number of halogens is 1. The molecule has 0 heterocycles. The van der Waals surface area contributed by atoms with Crippen LogP contribution in [0.5, 0.6) is 0 Å². The van der Waals surface area contributed by atoms with Crippen LogP contribution in [0.3, 0.4) is 0 Å². The quantitative estimate of drug-likeness (QED) is 0.430. The maximum absolute atomic E-state index is 10.6. The molecule has 0 atom stereocenters. The van der Waals surface area contributed by atoms with Gasteiger partial charge >= 0.3 is 32.7 Å². The van der Waals surface area contributed by atoms with Crippen molar-refractivity contribution in [2.45, 2.75) is 0 Å². The van der Waals surface area contributed by atoms with E-state index in [4.69, 9.17) is 4.79 Å². The molecule has 0 bridgehead atoms. The van der Waals surface area contributed by atoms with E-state index in [0.717, 1.165) is 0 Å². The van der Waals surface area contributed by atoms with E-state index < -0.39 is 0 Å². The van der Waals surface area contributed by atoms with Gasteiger partial charge in [0.25, 0.3) is 0 Å². The van der Waals surface area contributed by atoms with Crippen LogP contribution in [-0.2, 0) is 4.79 Å². The van der Waals surface area contributed by atoms with E-state index in [1.54, 1.807) is 0 Å². The minimum atomic E-state index is -0.147. The molecule has 0 aliphatic heterocycles. The van der Waals surface area contributed by atoms with Crippen LogP contribution in [0.2, 0.25) is 0 Å². The predicted octanol–water partition coefficient (Wildman–Crippen LogP) is 0.290. The second-order valence-electron chi connectivity index (χ2n) is 0.325. The summed E-state index contributed by atoms with van der Waals surface area (Å²) in [6, 6.07) is 0. The predicted molar refractivity (Wildman–Crippen MR) is 20.1 cm³/mol. The molecule has 0 amide bonds. The Labute approximate surface area is 33.7 Å². The van der Waals surface area contributed by atoms with E-state index >= 15 is 0 Å². The first-order valence-corrected chi connectivity index (χ1v) is 1.66. The van der Waals surface area contributed by atoms with Crippen molar-refractivity contribution in [1.82, 2.24) is 0 Å². The Bertz CT molecular complexity index is 58.7. The molecule has 0 aliphatic carbocycles. The van der Waals surface area contributed by atoms with Gasteiger partial charge in [0.1, 0.15) is 0 Å². The van der Waals surface area contributed by atoms with Crippen LogP contribution in [0.4, 0.5) is 3.89 Å². The van der Waals surface area contributed by atoms with Crippen molar-refractivity contribution in [2.75, 3.05) is 0 Å². The summed E-state index contributed by atoms with van der Waals surface area (Å²) in [4.78, 5) is 8.96. The molecule has 1 nitrogen and oxygen atoms in total. The van der Waals surface area contributed by atoms with Crippen molar-refractivity contribution in [3.63, 3.8) is 0 Å². The second-order valence-corrected chi connectivity index (χ2v) is 0.739. The summed E-state index contributed by atoms with van der Waals surface area (Å²) in [5.41, 5.74) is 0. The van der Waals surface area contributed by atoms with Crippen LogP contribution in [0.1, 0.15) is 0 Å². The average Bonchev–Trinajstić information content (AvgIpc) is 1.41. The van der Waals surface area contributed by atoms with Crippen molar-refractivity contribution in [3.05, 3.63) is 0 Å². The van der Waals surface area contributed by atoms with Crippen LogP contribution in [0, 0.1) is 0 Å². The summed E-state index contributed by atoms with van der Waals surface area (Å²) in [5.74, 6) is 1.23. The zero-order valence-corrected chi connectivity index (χ0v) is 3.09. The van der Waals surface area contributed by atoms with Crippen LogP contribution in [0.15, 0.2) is 0 Å². The van der Waals surface area contributed by atoms with Gasteiger partial charge in [0.2, 0.25) is 0 Å². The van der Waals surface area contributed by atoms with E-state index in [-0.39, 0.29) is 12.0 Å². The van der Waals surface area contributed by atoms with Gasteiger partial charge in [-0.2, -0.15) is 0 Å². The SMILES string of the molecule is O=C=BSF. The summed E-state index contributed by atoms with van der Waals surface area (Å²) in [6.07, 6.45) is 0.694. The van der Waals surface area contributed by atoms with Crippen LogP contribution >= 0.6 is 12.0 Å². The standard InChI is InChI=1S/CBFOS/c3-5-2-1-4. The van der Waals surface area contributed by atoms with Crippen molar-refractivity contribution < 1.29 is 8.68 Å². The van der Waals surface area contributed by atoms with E-state index in [2.05, 4.69) is 0 Å². The van der Waals surface area contributed by atoms with Gasteiger partial charge in [-0.05, 0) is 0 Å². The molecule has 0 fully saturated rings. The molecule has 0 aliphatic rings. The fraction of sp³-hybridized carbons (Fsp3) is 0. The van der Waals surface area contributed by atoms with E-state index in [1.807, 2.05) is 0 Å². The monoisotopic (exact) mass is 90.0 g/mol. The Kier molecular flexibility index (Phi) is 3.87. The molecule has 4 heteroatoms. The van der Waals surface area contributed by atoms with Gasteiger partial charge in [0.15, 0.2) is 0 Å². The molecule has 26 valence electrons. The van der Waals surface area contributed by atoms with Gasteiger partial charge in [0, 0.05) is 0 Å². The van der Waals surface area contributed by atoms with E-state index in [0.29, 0.717) is 6.20 Å². The zero-order chi connectivity index (χ0) is 4.12. The molecule has 0 aromatic heterocycles. The molecule has 0 spiro atoms. The fourth-order valence-corrected chi connectivity index (χ4v) is 0.0546. The Morgan fingerprint density at radius 3 is 2.60 bits per heavy atom. The van der Waals surface area contributed by atoms with Gasteiger partial charge in [-0.3, -0.25) is 0 Å². The molecule has 0 saturated heterocycles. The molecule has 0 unspecified atom stereocenters. The molecule has 0 N–H and O–H groups in total. The zero-order valence-electron chi connectivity index (χ0n) is 2.27. The van der Waals surface area contributed by atoms with Crippen molar-refractivity contribution in [1.29, 1.82) is 0 Å². The Morgan fingerprint density at radius 2 is 2.60 bits per heavy atom. The minimum absolute atomic E-state index is 0.147. The van der Waals surface area contributed by atoms with Gasteiger partial charge in [-0.1, -0.05) is 0 Å². The number of rotatable bonds is 1. The average molecular weight is 89.9 g/mol. The van der Waals surface area contributed by atoms with Crippen LogP contribution < -0.4 is 0 Å². The maximum atomic E-state index is 10.6. The third kappa shape index (κ3) is 3.92. The Balaban J connectivity index is 2.93. The molecule has 0 saturated carbocycles. The van der Waals surface area contributed by atoms with Crippen LogP contribution in [-0.4, -0.2) is 12.0 Å². The molecule has 0 rings (SSSR count). The van der Waals surface area contributed by atoms with E-state index in [9.17, 15) is 3.89 Å². The van der Waals surface area contributed by atoms with Gasteiger partial charge in [0.05, 0.1) is 0 Å². The Morgan fingerprint density at radius 1 is 2.00 bits per heavy atom. The first-order valence-electron chi connectivity index (χ1n) is 0.883. The first kappa shape index (κ1) is 4.92. The molecule has 5 heavy (non-hydrogen) atoms. The molecular formula is CBFOS. The summed E-state index contributed by atoms with van der Waals surface area (Å²) in [6.45, 7) is 0. The van der Waals surface area contributed by atoms with Gasteiger partial charge < -0.3 is 0 Å². The summed E-state index contributed by atoms with van der Waals surface area (Å²) in [5, 5.41) is 0. The van der Waals surface area contributed by atoms with Gasteiger partial charge in [-0.25, -0.2) is 0 Å². The normalized spacial score (nSPS) is 5.00. The number of hydrogen-bond donors (Lipinski definition) is 0. The number of hydrogen-bond acceptors (Lipinski definition) is 2. The van der Waals surface area contributed by atoms with Crippen molar-refractivity contribution in [2.24, 2.45) is 0 Å². The third-order valence-corrected chi connectivity index (χ3v) is 0.278. The third-order valence-electron chi connectivity index (χ3n) is 0.0927. The topological polar surface area (TPSA) is 17.1 Å². The molecule has 0 radical (unpaired) electrons. The second kappa shape index (κ2) is 3.92. The Hall–Kier alpha value is -0.0751. The molecular weight excluding hydrogens is 89.9 g/mol. The number of carbonyl (C=O) groups excluding carboxylic acids is 1.